The lowest BCUT2D eigenvalue weighted by Crippen LogP contribution is -3.11. The molecule has 14 heavy (non-hydrogen) atoms. The summed E-state index contributed by atoms with van der Waals surface area (Å²) in [6, 6.07) is 0. The van der Waals surface area contributed by atoms with Crippen molar-refractivity contribution in [1.82, 2.24) is 0 Å². The van der Waals surface area contributed by atoms with Crippen LogP contribution in [0.1, 0.15) is 51.4 Å². The topological polar surface area (TPSA) is 32.1 Å². The lowest BCUT2D eigenvalue weighted by molar-refractivity contribution is -0.899. The molecule has 0 amide bonds. The monoisotopic (exact) mass is 200 g/mol. The first kappa shape index (κ1) is 12.0. The van der Waals surface area contributed by atoms with Crippen molar-refractivity contribution in [2.24, 2.45) is 0 Å². The van der Waals surface area contributed by atoms with Gasteiger partial charge in [-0.25, -0.2) is 0 Å². The third kappa shape index (κ3) is 5.61. The first-order valence-electron chi connectivity index (χ1n) is 6.56. The molecule has 0 aromatic rings. The van der Waals surface area contributed by atoms with Crippen molar-refractivity contribution < 1.29 is 10.6 Å². The number of hydrogen-bond donors (Lipinski definition) is 2. The van der Waals surface area contributed by atoms with Gasteiger partial charge in [0.2, 0.25) is 0 Å². The van der Waals surface area contributed by atoms with E-state index in [-0.39, 0.29) is 0 Å². The van der Waals surface area contributed by atoms with Crippen molar-refractivity contribution in [3.63, 3.8) is 0 Å². The quantitative estimate of drug-likeness (QED) is 0.576. The van der Waals surface area contributed by atoms with Crippen molar-refractivity contribution >= 4 is 0 Å². The summed E-state index contributed by atoms with van der Waals surface area (Å²) in [5.41, 5.74) is 3.88. The van der Waals surface area contributed by atoms with Gasteiger partial charge < -0.3 is 10.6 Å². The Labute approximate surface area is 88.8 Å². The van der Waals surface area contributed by atoms with Gasteiger partial charge in [0, 0.05) is 0 Å². The smallest absolute Gasteiger partial charge is 0.0770 e. The zero-order chi connectivity index (χ0) is 10.1. The van der Waals surface area contributed by atoms with Crippen LogP contribution in [0.3, 0.4) is 0 Å². The minimum Gasteiger partial charge on any atom is -0.358 e. The van der Waals surface area contributed by atoms with Gasteiger partial charge in [0.05, 0.1) is 26.2 Å². The molecule has 1 saturated heterocycles. The molecule has 0 aromatic heterocycles. The van der Waals surface area contributed by atoms with Gasteiger partial charge in [-0.2, -0.15) is 0 Å². The molecule has 0 aromatic carbocycles. The first-order valence-corrected chi connectivity index (χ1v) is 6.56. The van der Waals surface area contributed by atoms with Crippen LogP contribution in [0.5, 0.6) is 0 Å². The Balaban J connectivity index is 1.93. The molecule has 84 valence electrons. The van der Waals surface area contributed by atoms with E-state index in [0.717, 1.165) is 6.54 Å². The molecule has 2 nitrogen and oxygen atoms in total. The molecule has 1 aliphatic heterocycles. The minimum atomic E-state index is 1.12. The van der Waals surface area contributed by atoms with Gasteiger partial charge >= 0.3 is 0 Å². The van der Waals surface area contributed by atoms with Gasteiger partial charge in [0.1, 0.15) is 0 Å². The number of quaternary nitrogens is 2. The normalized spacial score (nSPS) is 19.5. The lowest BCUT2D eigenvalue weighted by atomic mass is 10.2. The number of likely N-dealkylation sites (tertiary alicyclic amines) is 1. The maximum atomic E-state index is 3.88. The van der Waals surface area contributed by atoms with E-state index in [4.69, 9.17) is 0 Å². The number of nitrogens with one attached hydrogen (secondary N) is 1. The van der Waals surface area contributed by atoms with Crippen molar-refractivity contribution in [2.45, 2.75) is 51.4 Å². The van der Waals surface area contributed by atoms with Crippen LogP contribution >= 0.6 is 0 Å². The standard InChI is InChI=1S/C12H26N2/c13-9-5-1-2-6-10-14-11-7-3-4-8-12-14/h1-13H2/p+2. The van der Waals surface area contributed by atoms with E-state index in [9.17, 15) is 0 Å². The van der Waals surface area contributed by atoms with E-state index in [1.54, 1.807) is 0 Å². The average molecular weight is 200 g/mol. The molecule has 0 radical (unpaired) electrons. The van der Waals surface area contributed by atoms with Crippen LogP contribution < -0.4 is 10.6 Å². The number of rotatable bonds is 6. The highest BCUT2D eigenvalue weighted by molar-refractivity contribution is 4.47. The van der Waals surface area contributed by atoms with Gasteiger partial charge in [-0.05, 0) is 51.4 Å². The second-order valence-corrected chi connectivity index (χ2v) is 4.68. The van der Waals surface area contributed by atoms with E-state index < -0.39 is 0 Å². The predicted molar refractivity (Wildman–Crippen MR) is 60.3 cm³/mol. The second-order valence-electron chi connectivity index (χ2n) is 4.68. The molecule has 0 bridgehead atoms. The summed E-state index contributed by atoms with van der Waals surface area (Å²) < 4.78 is 0. The van der Waals surface area contributed by atoms with E-state index in [1.165, 1.54) is 71.0 Å². The molecule has 0 saturated carbocycles. The lowest BCUT2D eigenvalue weighted by Gasteiger charge is -2.16. The van der Waals surface area contributed by atoms with Crippen LogP contribution in [0.4, 0.5) is 0 Å². The Morgan fingerprint density at radius 3 is 2.07 bits per heavy atom. The summed E-state index contributed by atoms with van der Waals surface area (Å²) in [4.78, 5) is 1.87. The van der Waals surface area contributed by atoms with Crippen molar-refractivity contribution in [3.05, 3.63) is 0 Å². The Kier molecular flexibility index (Phi) is 7.06. The third-order valence-corrected chi connectivity index (χ3v) is 3.34. The van der Waals surface area contributed by atoms with Gasteiger partial charge in [0.15, 0.2) is 0 Å². The fourth-order valence-electron chi connectivity index (χ4n) is 2.38. The summed E-state index contributed by atoms with van der Waals surface area (Å²) in [5.74, 6) is 0. The predicted octanol–water partition coefficient (Wildman–Crippen LogP) is 0.248. The van der Waals surface area contributed by atoms with Gasteiger partial charge in [-0.15, -0.1) is 0 Å². The first-order chi connectivity index (χ1) is 6.93. The highest BCUT2D eigenvalue weighted by Gasteiger charge is 2.10. The average Bonchev–Trinajstić information content (AvgIpc) is 2.46. The van der Waals surface area contributed by atoms with Crippen LogP contribution in [0, 0.1) is 0 Å². The maximum Gasteiger partial charge on any atom is 0.0770 e. The fourth-order valence-corrected chi connectivity index (χ4v) is 2.38. The number of unbranched alkanes of at least 4 members (excludes halogenated alkanes) is 3. The van der Waals surface area contributed by atoms with Gasteiger partial charge in [-0.1, -0.05) is 0 Å². The van der Waals surface area contributed by atoms with Crippen molar-refractivity contribution in [3.8, 4) is 0 Å². The largest absolute Gasteiger partial charge is 0.358 e. The molecule has 4 N–H and O–H groups in total. The summed E-state index contributed by atoms with van der Waals surface area (Å²) >= 11 is 0. The van der Waals surface area contributed by atoms with Crippen LogP contribution in [-0.2, 0) is 0 Å². The minimum absolute atomic E-state index is 1.12. The van der Waals surface area contributed by atoms with Gasteiger partial charge in [0.25, 0.3) is 0 Å². The van der Waals surface area contributed by atoms with Crippen LogP contribution in [0.2, 0.25) is 0 Å². The molecule has 0 unspecified atom stereocenters. The molecular weight excluding hydrogens is 172 g/mol. The van der Waals surface area contributed by atoms with E-state index in [0.29, 0.717) is 0 Å². The summed E-state index contributed by atoms with van der Waals surface area (Å²) in [6.45, 7) is 5.43. The summed E-state index contributed by atoms with van der Waals surface area (Å²) in [5, 5.41) is 0. The molecule has 1 heterocycles. The van der Waals surface area contributed by atoms with Crippen LogP contribution in [0.15, 0.2) is 0 Å². The number of hydrogen-bond acceptors (Lipinski definition) is 0. The second kappa shape index (κ2) is 8.25. The van der Waals surface area contributed by atoms with Crippen molar-refractivity contribution in [1.29, 1.82) is 0 Å². The van der Waals surface area contributed by atoms with Gasteiger partial charge in [-0.3, -0.25) is 0 Å². The summed E-state index contributed by atoms with van der Waals surface area (Å²) in [7, 11) is 0. The van der Waals surface area contributed by atoms with Crippen molar-refractivity contribution in [2.75, 3.05) is 26.2 Å². The Hall–Kier alpha value is -0.0800. The maximum absolute atomic E-state index is 3.88. The van der Waals surface area contributed by atoms with E-state index in [1.807, 2.05) is 4.90 Å². The fraction of sp³-hybridized carbons (Fsp3) is 1.00. The summed E-state index contributed by atoms with van der Waals surface area (Å²) in [6.07, 6.45) is 11.5. The highest BCUT2D eigenvalue weighted by atomic mass is 15.1. The molecule has 1 aliphatic rings. The molecule has 0 aliphatic carbocycles. The van der Waals surface area contributed by atoms with E-state index in [2.05, 4.69) is 5.73 Å². The van der Waals surface area contributed by atoms with Crippen LogP contribution in [0.25, 0.3) is 0 Å². The molecule has 2 heteroatoms. The molecular formula is C12H28N2+2. The molecule has 1 rings (SSSR count). The van der Waals surface area contributed by atoms with Crippen LogP contribution in [-0.4, -0.2) is 26.2 Å². The Morgan fingerprint density at radius 1 is 0.786 bits per heavy atom. The SMILES string of the molecule is [NH3+]CCCCCC[NH+]1CCCCCC1. The Morgan fingerprint density at radius 2 is 1.43 bits per heavy atom. The highest BCUT2D eigenvalue weighted by Crippen LogP contribution is 2.00. The third-order valence-electron chi connectivity index (χ3n) is 3.34. The zero-order valence-corrected chi connectivity index (χ0v) is 9.69. The van der Waals surface area contributed by atoms with E-state index >= 15 is 0 Å². The molecule has 0 spiro atoms. The molecule has 1 fully saturated rings. The molecule has 0 atom stereocenters. The zero-order valence-electron chi connectivity index (χ0n) is 9.69. The Bertz CT molecular complexity index is 117.